The van der Waals surface area contributed by atoms with Gasteiger partial charge in [0.1, 0.15) is 5.75 Å². The van der Waals surface area contributed by atoms with Crippen LogP contribution in [0.25, 0.3) is 11.4 Å². The SMILES string of the molecule is CCOc1ccccc1-c1noc(C2CCNC2C)n1. The van der Waals surface area contributed by atoms with Gasteiger partial charge in [0.25, 0.3) is 0 Å². The summed E-state index contributed by atoms with van der Waals surface area (Å²) in [5.74, 6) is 2.41. The molecule has 3 rings (SSSR count). The van der Waals surface area contributed by atoms with Crippen molar-refractivity contribution >= 4 is 0 Å². The molecule has 1 aromatic carbocycles. The molecule has 1 aliphatic rings. The average molecular weight is 273 g/mol. The Morgan fingerprint density at radius 3 is 3.00 bits per heavy atom. The first-order valence-electron chi connectivity index (χ1n) is 7.08. The lowest BCUT2D eigenvalue weighted by atomic mass is 10.0. The largest absolute Gasteiger partial charge is 0.493 e. The van der Waals surface area contributed by atoms with E-state index in [1.54, 1.807) is 0 Å². The quantitative estimate of drug-likeness (QED) is 0.927. The van der Waals surface area contributed by atoms with Gasteiger partial charge in [-0.3, -0.25) is 0 Å². The maximum atomic E-state index is 5.61. The topological polar surface area (TPSA) is 60.2 Å². The van der Waals surface area contributed by atoms with Crippen LogP contribution in [0.5, 0.6) is 5.75 Å². The highest BCUT2D eigenvalue weighted by atomic mass is 16.5. The average Bonchev–Trinajstić information content (AvgIpc) is 3.08. The standard InChI is InChI=1S/C15H19N3O2/c1-3-19-13-7-5-4-6-12(13)14-17-15(20-18-14)11-8-9-16-10(11)2/h4-7,10-11,16H,3,8-9H2,1-2H3. The van der Waals surface area contributed by atoms with E-state index in [-0.39, 0.29) is 0 Å². The highest BCUT2D eigenvalue weighted by molar-refractivity contribution is 5.63. The van der Waals surface area contributed by atoms with Gasteiger partial charge in [0.2, 0.25) is 11.7 Å². The minimum atomic E-state index is 0.301. The van der Waals surface area contributed by atoms with Gasteiger partial charge in [0.15, 0.2) is 0 Å². The molecule has 0 radical (unpaired) electrons. The van der Waals surface area contributed by atoms with Crippen LogP contribution in [0.15, 0.2) is 28.8 Å². The molecule has 5 nitrogen and oxygen atoms in total. The Bertz CT molecular complexity index is 582. The molecule has 2 atom stereocenters. The Morgan fingerprint density at radius 1 is 1.40 bits per heavy atom. The molecule has 106 valence electrons. The van der Waals surface area contributed by atoms with Crippen LogP contribution in [-0.4, -0.2) is 29.3 Å². The summed E-state index contributed by atoms with van der Waals surface area (Å²) in [7, 11) is 0. The number of hydrogen-bond acceptors (Lipinski definition) is 5. The summed E-state index contributed by atoms with van der Waals surface area (Å²) < 4.78 is 11.1. The van der Waals surface area contributed by atoms with Gasteiger partial charge >= 0.3 is 0 Å². The molecule has 0 amide bonds. The van der Waals surface area contributed by atoms with E-state index in [1.807, 2.05) is 31.2 Å². The number of aromatic nitrogens is 2. The Morgan fingerprint density at radius 2 is 2.25 bits per heavy atom. The Hall–Kier alpha value is -1.88. The van der Waals surface area contributed by atoms with Crippen LogP contribution in [0, 0.1) is 0 Å². The third-order valence-electron chi connectivity index (χ3n) is 3.71. The maximum Gasteiger partial charge on any atom is 0.231 e. The molecule has 5 heteroatoms. The summed E-state index contributed by atoms with van der Waals surface area (Å²) in [4.78, 5) is 4.56. The zero-order valence-electron chi connectivity index (χ0n) is 11.8. The molecule has 0 aliphatic carbocycles. The maximum absolute atomic E-state index is 5.61. The lowest BCUT2D eigenvalue weighted by Gasteiger charge is -2.09. The first kappa shape index (κ1) is 13.1. The number of nitrogens with zero attached hydrogens (tertiary/aromatic N) is 2. The van der Waals surface area contributed by atoms with Crippen molar-refractivity contribution in [3.63, 3.8) is 0 Å². The van der Waals surface area contributed by atoms with Crippen LogP contribution >= 0.6 is 0 Å². The van der Waals surface area contributed by atoms with E-state index in [1.165, 1.54) is 0 Å². The normalized spacial score (nSPS) is 22.1. The predicted octanol–water partition coefficient (Wildman–Crippen LogP) is 2.60. The van der Waals surface area contributed by atoms with E-state index in [0.29, 0.717) is 30.3 Å². The molecule has 2 heterocycles. The number of para-hydroxylation sites is 1. The smallest absolute Gasteiger partial charge is 0.231 e. The summed E-state index contributed by atoms with van der Waals surface area (Å²) in [6.45, 7) is 5.73. The van der Waals surface area contributed by atoms with Crippen molar-refractivity contribution in [1.29, 1.82) is 0 Å². The summed E-state index contributed by atoms with van der Waals surface area (Å²) >= 11 is 0. The van der Waals surface area contributed by atoms with E-state index in [9.17, 15) is 0 Å². The van der Waals surface area contributed by atoms with Gasteiger partial charge in [-0.25, -0.2) is 0 Å². The van der Waals surface area contributed by atoms with Crippen molar-refractivity contribution in [1.82, 2.24) is 15.5 Å². The molecule has 1 aromatic heterocycles. The molecule has 1 saturated heterocycles. The summed E-state index contributed by atoms with van der Waals surface area (Å²) in [6.07, 6.45) is 1.04. The van der Waals surface area contributed by atoms with Crippen LogP contribution in [0.3, 0.4) is 0 Å². The van der Waals surface area contributed by atoms with Crippen molar-refractivity contribution in [2.75, 3.05) is 13.2 Å². The van der Waals surface area contributed by atoms with E-state index in [4.69, 9.17) is 9.26 Å². The Labute approximate surface area is 118 Å². The highest BCUT2D eigenvalue weighted by Crippen LogP contribution is 2.31. The molecule has 1 aliphatic heterocycles. The van der Waals surface area contributed by atoms with Crippen molar-refractivity contribution < 1.29 is 9.26 Å². The fraction of sp³-hybridized carbons (Fsp3) is 0.467. The molecular formula is C15H19N3O2. The lowest BCUT2D eigenvalue weighted by molar-refractivity contribution is 0.338. The third-order valence-corrected chi connectivity index (χ3v) is 3.71. The first-order chi connectivity index (χ1) is 9.79. The molecular weight excluding hydrogens is 254 g/mol. The molecule has 20 heavy (non-hydrogen) atoms. The minimum Gasteiger partial charge on any atom is -0.493 e. The Balaban J connectivity index is 1.90. The van der Waals surface area contributed by atoms with Crippen molar-refractivity contribution in [2.24, 2.45) is 0 Å². The molecule has 1 fully saturated rings. The molecule has 0 spiro atoms. The summed E-state index contributed by atoms with van der Waals surface area (Å²) in [5.41, 5.74) is 0.878. The van der Waals surface area contributed by atoms with Crippen LogP contribution in [-0.2, 0) is 0 Å². The highest BCUT2D eigenvalue weighted by Gasteiger charge is 2.29. The van der Waals surface area contributed by atoms with Crippen LogP contribution < -0.4 is 10.1 Å². The molecule has 2 aromatic rings. The monoisotopic (exact) mass is 273 g/mol. The van der Waals surface area contributed by atoms with Crippen molar-refractivity contribution in [3.8, 4) is 17.1 Å². The van der Waals surface area contributed by atoms with E-state index >= 15 is 0 Å². The summed E-state index contributed by atoms with van der Waals surface area (Å²) in [6, 6.07) is 8.15. The van der Waals surface area contributed by atoms with E-state index in [2.05, 4.69) is 22.4 Å². The van der Waals surface area contributed by atoms with Crippen LogP contribution in [0.1, 0.15) is 32.1 Å². The number of benzene rings is 1. The van der Waals surface area contributed by atoms with Crippen molar-refractivity contribution in [3.05, 3.63) is 30.2 Å². The summed E-state index contributed by atoms with van der Waals surface area (Å²) in [5, 5.41) is 7.51. The molecule has 2 unspecified atom stereocenters. The Kier molecular flexibility index (Phi) is 3.69. The number of hydrogen-bond donors (Lipinski definition) is 1. The second kappa shape index (κ2) is 5.63. The van der Waals surface area contributed by atoms with Crippen molar-refractivity contribution in [2.45, 2.75) is 32.2 Å². The van der Waals surface area contributed by atoms with Gasteiger partial charge in [0, 0.05) is 6.04 Å². The third kappa shape index (κ3) is 2.41. The fourth-order valence-electron chi connectivity index (χ4n) is 2.62. The van der Waals surface area contributed by atoms with Gasteiger partial charge in [-0.15, -0.1) is 0 Å². The van der Waals surface area contributed by atoms with Crippen LogP contribution in [0.2, 0.25) is 0 Å². The lowest BCUT2D eigenvalue weighted by Crippen LogP contribution is -2.21. The van der Waals surface area contributed by atoms with Gasteiger partial charge < -0.3 is 14.6 Å². The molecule has 0 bridgehead atoms. The fourth-order valence-corrected chi connectivity index (χ4v) is 2.62. The number of ether oxygens (including phenoxy) is 1. The second-order valence-electron chi connectivity index (χ2n) is 5.02. The molecule has 0 saturated carbocycles. The zero-order valence-corrected chi connectivity index (χ0v) is 11.8. The van der Waals surface area contributed by atoms with Gasteiger partial charge in [-0.2, -0.15) is 4.98 Å². The second-order valence-corrected chi connectivity index (χ2v) is 5.02. The zero-order chi connectivity index (χ0) is 13.9. The number of rotatable bonds is 4. The van der Waals surface area contributed by atoms with Gasteiger partial charge in [-0.05, 0) is 38.9 Å². The van der Waals surface area contributed by atoms with Gasteiger partial charge in [0.05, 0.1) is 18.1 Å². The first-order valence-corrected chi connectivity index (χ1v) is 7.08. The molecule has 1 N–H and O–H groups in total. The predicted molar refractivity (Wildman–Crippen MR) is 75.7 cm³/mol. The van der Waals surface area contributed by atoms with Crippen LogP contribution in [0.4, 0.5) is 0 Å². The minimum absolute atomic E-state index is 0.301. The van der Waals surface area contributed by atoms with E-state index < -0.39 is 0 Å². The van der Waals surface area contributed by atoms with E-state index in [0.717, 1.165) is 24.3 Å². The van der Waals surface area contributed by atoms with Gasteiger partial charge in [-0.1, -0.05) is 17.3 Å². The number of nitrogens with one attached hydrogen (secondary N) is 1.